The van der Waals surface area contributed by atoms with Crippen LogP contribution in [0.2, 0.25) is 0 Å². The van der Waals surface area contributed by atoms with Gasteiger partial charge in [0.15, 0.2) is 0 Å². The second kappa shape index (κ2) is 13.2. The van der Waals surface area contributed by atoms with Gasteiger partial charge in [-0.3, -0.25) is 20.1 Å². The molecular formula is C26H37N7O3. The number of hydrogen-bond donors (Lipinski definition) is 3. The number of hydrazine groups is 1. The summed E-state index contributed by atoms with van der Waals surface area (Å²) in [5.41, 5.74) is 5.78. The van der Waals surface area contributed by atoms with Gasteiger partial charge in [-0.2, -0.15) is 0 Å². The third kappa shape index (κ3) is 7.39. The number of ether oxygens (including phenoxy) is 1. The Morgan fingerprint density at radius 1 is 1.03 bits per heavy atom. The van der Waals surface area contributed by atoms with Gasteiger partial charge >= 0.3 is 6.03 Å². The zero-order chi connectivity index (χ0) is 25.2. The Kier molecular flexibility index (Phi) is 9.48. The summed E-state index contributed by atoms with van der Waals surface area (Å²) >= 11 is 0. The maximum absolute atomic E-state index is 13.1. The molecule has 0 spiro atoms. The van der Waals surface area contributed by atoms with Gasteiger partial charge in [0, 0.05) is 59.1 Å². The molecule has 10 nitrogen and oxygen atoms in total. The van der Waals surface area contributed by atoms with Gasteiger partial charge in [-0.25, -0.2) is 9.80 Å². The molecule has 0 unspecified atom stereocenters. The van der Waals surface area contributed by atoms with E-state index in [0.29, 0.717) is 24.5 Å². The number of carbonyl (C=O) groups excluding carboxylic acids is 2. The summed E-state index contributed by atoms with van der Waals surface area (Å²) in [5.74, 6) is -0.279. The van der Waals surface area contributed by atoms with Crippen LogP contribution in [0.15, 0.2) is 42.6 Å². The minimum Gasteiger partial charge on any atom is -0.386 e. The van der Waals surface area contributed by atoms with Crippen molar-refractivity contribution in [1.82, 2.24) is 25.2 Å². The topological polar surface area (TPSA) is 102 Å². The number of nitrogens with one attached hydrogen (secondary N) is 3. The zero-order valence-corrected chi connectivity index (χ0v) is 21.0. The lowest BCUT2D eigenvalue weighted by Crippen LogP contribution is -2.48. The van der Waals surface area contributed by atoms with Crippen molar-refractivity contribution >= 4 is 23.3 Å². The number of urea groups is 1. The molecule has 2 saturated heterocycles. The summed E-state index contributed by atoms with van der Waals surface area (Å²) in [7, 11) is 1.81. The monoisotopic (exact) mass is 495 g/mol. The van der Waals surface area contributed by atoms with E-state index in [1.54, 1.807) is 12.3 Å². The van der Waals surface area contributed by atoms with Crippen LogP contribution in [-0.2, 0) is 11.3 Å². The summed E-state index contributed by atoms with van der Waals surface area (Å²) in [6.45, 7) is 7.18. The first-order valence-corrected chi connectivity index (χ1v) is 12.8. The smallest absolute Gasteiger partial charge is 0.332 e. The van der Waals surface area contributed by atoms with E-state index in [9.17, 15) is 9.59 Å². The van der Waals surface area contributed by atoms with Gasteiger partial charge in [0.2, 0.25) is 0 Å². The zero-order valence-electron chi connectivity index (χ0n) is 21.0. The average molecular weight is 496 g/mol. The summed E-state index contributed by atoms with van der Waals surface area (Å²) < 4.78 is 5.43. The van der Waals surface area contributed by atoms with Crippen molar-refractivity contribution in [1.29, 1.82) is 0 Å². The molecule has 194 valence electrons. The number of pyridine rings is 1. The van der Waals surface area contributed by atoms with Crippen molar-refractivity contribution in [2.24, 2.45) is 0 Å². The molecule has 2 aliphatic rings. The fourth-order valence-corrected chi connectivity index (χ4v) is 4.47. The van der Waals surface area contributed by atoms with E-state index in [-0.39, 0.29) is 11.9 Å². The number of carbonyl (C=O) groups is 2. The number of hydrogen-bond acceptors (Lipinski definition) is 7. The molecule has 0 atom stereocenters. The molecule has 2 aliphatic heterocycles. The SMILES string of the molecule is CNc1ccccc1NC(=O)c1ccc(CN(CCCN2CCOCC2)C(=O)NN2CCCC2)cn1. The standard InChI is InChI=1S/C26H37N7O3/c1-27-22-7-2-3-8-23(22)29-25(34)24-10-9-21(19-28-24)20-32(26(35)30-33-13-4-5-14-33)12-6-11-31-15-17-36-18-16-31/h2-3,7-10,19,27H,4-6,11-18,20H2,1H3,(H,29,34)(H,30,35). The number of benzene rings is 1. The number of nitrogens with zero attached hydrogens (tertiary/aromatic N) is 4. The summed E-state index contributed by atoms with van der Waals surface area (Å²) in [4.78, 5) is 34.4. The van der Waals surface area contributed by atoms with Gasteiger partial charge in [-0.1, -0.05) is 18.2 Å². The molecule has 2 fully saturated rings. The molecule has 2 aromatic rings. The van der Waals surface area contributed by atoms with Crippen LogP contribution in [-0.4, -0.2) is 91.3 Å². The summed E-state index contributed by atoms with van der Waals surface area (Å²) in [5, 5.41) is 7.96. The Balaban J connectivity index is 1.36. The molecule has 0 saturated carbocycles. The first-order valence-electron chi connectivity index (χ1n) is 12.8. The molecule has 36 heavy (non-hydrogen) atoms. The minimum atomic E-state index is -0.279. The Bertz CT molecular complexity index is 989. The third-order valence-electron chi connectivity index (χ3n) is 6.53. The van der Waals surface area contributed by atoms with Crippen molar-refractivity contribution in [3.8, 4) is 0 Å². The highest BCUT2D eigenvalue weighted by molar-refractivity contribution is 6.04. The van der Waals surface area contributed by atoms with E-state index < -0.39 is 0 Å². The van der Waals surface area contributed by atoms with E-state index in [4.69, 9.17) is 4.74 Å². The highest BCUT2D eigenvalue weighted by atomic mass is 16.5. The van der Waals surface area contributed by atoms with Crippen LogP contribution in [0.4, 0.5) is 16.2 Å². The van der Waals surface area contributed by atoms with E-state index in [0.717, 1.165) is 76.5 Å². The molecule has 0 aliphatic carbocycles. The first kappa shape index (κ1) is 25.9. The van der Waals surface area contributed by atoms with Gasteiger partial charge in [-0.05, 0) is 43.0 Å². The Hall–Kier alpha value is -3.21. The van der Waals surface area contributed by atoms with E-state index in [2.05, 4.69) is 25.9 Å². The Morgan fingerprint density at radius 3 is 2.47 bits per heavy atom. The molecule has 3 N–H and O–H groups in total. The van der Waals surface area contributed by atoms with Crippen molar-refractivity contribution in [3.63, 3.8) is 0 Å². The maximum Gasteiger partial charge on any atom is 0.332 e. The maximum atomic E-state index is 13.1. The number of amides is 3. The molecule has 10 heteroatoms. The predicted octanol–water partition coefficient (Wildman–Crippen LogP) is 2.62. The number of morpholine rings is 1. The van der Waals surface area contributed by atoms with Crippen molar-refractivity contribution in [2.75, 3.05) is 70.2 Å². The van der Waals surface area contributed by atoms with E-state index in [1.807, 2.05) is 47.3 Å². The third-order valence-corrected chi connectivity index (χ3v) is 6.53. The molecule has 0 bridgehead atoms. The summed E-state index contributed by atoms with van der Waals surface area (Å²) in [6.07, 6.45) is 4.76. The minimum absolute atomic E-state index is 0.0932. The molecule has 3 heterocycles. The normalized spacial score (nSPS) is 16.5. The van der Waals surface area contributed by atoms with Crippen LogP contribution in [0.25, 0.3) is 0 Å². The highest BCUT2D eigenvalue weighted by Crippen LogP contribution is 2.20. The highest BCUT2D eigenvalue weighted by Gasteiger charge is 2.20. The molecule has 1 aromatic heterocycles. The largest absolute Gasteiger partial charge is 0.386 e. The second-order valence-corrected chi connectivity index (χ2v) is 9.14. The Labute approximate surface area is 213 Å². The fourth-order valence-electron chi connectivity index (χ4n) is 4.47. The lowest BCUT2D eigenvalue weighted by atomic mass is 10.2. The van der Waals surface area contributed by atoms with Crippen LogP contribution in [0.1, 0.15) is 35.3 Å². The van der Waals surface area contributed by atoms with Crippen LogP contribution >= 0.6 is 0 Å². The van der Waals surface area contributed by atoms with Crippen LogP contribution in [0.3, 0.4) is 0 Å². The quantitative estimate of drug-likeness (QED) is 0.466. The van der Waals surface area contributed by atoms with Gasteiger partial charge < -0.3 is 20.3 Å². The van der Waals surface area contributed by atoms with Gasteiger partial charge in [0.05, 0.1) is 24.6 Å². The van der Waals surface area contributed by atoms with Crippen molar-refractivity contribution in [2.45, 2.75) is 25.8 Å². The second-order valence-electron chi connectivity index (χ2n) is 9.14. The fraction of sp³-hybridized carbons (Fsp3) is 0.500. The molecule has 1 aromatic carbocycles. The lowest BCUT2D eigenvalue weighted by molar-refractivity contribution is 0.0363. The van der Waals surface area contributed by atoms with Crippen molar-refractivity contribution < 1.29 is 14.3 Å². The number of rotatable bonds is 10. The van der Waals surface area contributed by atoms with E-state index in [1.165, 1.54) is 0 Å². The molecule has 3 amide bonds. The van der Waals surface area contributed by atoms with Gasteiger partial charge in [-0.15, -0.1) is 0 Å². The van der Waals surface area contributed by atoms with Gasteiger partial charge in [0.1, 0.15) is 5.69 Å². The van der Waals surface area contributed by atoms with Crippen LogP contribution in [0.5, 0.6) is 0 Å². The first-order chi connectivity index (χ1) is 17.6. The molecule has 0 radical (unpaired) electrons. The van der Waals surface area contributed by atoms with Crippen LogP contribution < -0.4 is 16.1 Å². The molecule has 4 rings (SSSR count). The Morgan fingerprint density at radius 2 is 1.78 bits per heavy atom. The number of para-hydroxylation sites is 2. The van der Waals surface area contributed by atoms with Crippen LogP contribution in [0, 0.1) is 0 Å². The average Bonchev–Trinajstić information content (AvgIpc) is 3.42. The lowest BCUT2D eigenvalue weighted by Gasteiger charge is -2.29. The number of anilines is 2. The number of aromatic nitrogens is 1. The predicted molar refractivity (Wildman–Crippen MR) is 140 cm³/mol. The summed E-state index contributed by atoms with van der Waals surface area (Å²) in [6, 6.07) is 11.0. The van der Waals surface area contributed by atoms with Crippen molar-refractivity contribution in [3.05, 3.63) is 53.9 Å². The van der Waals surface area contributed by atoms with E-state index >= 15 is 0 Å². The van der Waals surface area contributed by atoms with Gasteiger partial charge in [0.25, 0.3) is 5.91 Å². The molecular weight excluding hydrogens is 458 g/mol.